The molecule has 0 spiro atoms. The number of aromatic amines is 1. The van der Waals surface area contributed by atoms with Gasteiger partial charge in [-0.2, -0.15) is 5.10 Å². The summed E-state index contributed by atoms with van der Waals surface area (Å²) in [6.45, 7) is 0. The smallest absolute Gasteiger partial charge is 0.270 e. The molecular weight excluding hydrogens is 315 g/mol. The number of hydrogen-bond donors (Lipinski definition) is 2. The van der Waals surface area contributed by atoms with Gasteiger partial charge in [0.15, 0.2) is 5.82 Å². The van der Waals surface area contributed by atoms with Crippen molar-refractivity contribution in [2.45, 2.75) is 0 Å². The zero-order valence-electron chi connectivity index (χ0n) is 12.2. The number of benzene rings is 2. The van der Waals surface area contributed by atoms with Crippen LogP contribution in [-0.4, -0.2) is 21.0 Å². The second-order valence-corrected chi connectivity index (χ2v) is 4.91. The number of carbonyl (C=O) groups excluding carboxylic acids is 1. The van der Waals surface area contributed by atoms with Crippen LogP contribution in [0.4, 0.5) is 15.9 Å². The van der Waals surface area contributed by atoms with Gasteiger partial charge in [0.25, 0.3) is 11.6 Å². The van der Waals surface area contributed by atoms with E-state index in [-0.39, 0.29) is 17.1 Å². The molecule has 1 aromatic heterocycles. The maximum absolute atomic E-state index is 13.6. The molecule has 0 atom stereocenters. The topological polar surface area (TPSA) is 101 Å². The number of nitrogens with one attached hydrogen (secondary N) is 2. The summed E-state index contributed by atoms with van der Waals surface area (Å²) in [5.41, 5.74) is 0.877. The highest BCUT2D eigenvalue weighted by Gasteiger charge is 2.14. The molecule has 120 valence electrons. The second-order valence-electron chi connectivity index (χ2n) is 4.91. The van der Waals surface area contributed by atoms with Gasteiger partial charge in [0, 0.05) is 23.8 Å². The number of nitro groups is 1. The number of carbonyl (C=O) groups is 1. The Morgan fingerprint density at radius 1 is 1.17 bits per heavy atom. The maximum Gasteiger partial charge on any atom is 0.270 e. The first-order valence-electron chi connectivity index (χ1n) is 6.91. The van der Waals surface area contributed by atoms with Crippen molar-refractivity contribution < 1.29 is 14.1 Å². The fraction of sp³-hybridized carbons (Fsp3) is 0. The molecule has 0 aliphatic rings. The summed E-state index contributed by atoms with van der Waals surface area (Å²) < 4.78 is 13.6. The molecule has 8 heteroatoms. The van der Waals surface area contributed by atoms with Crippen molar-refractivity contribution in [3.63, 3.8) is 0 Å². The summed E-state index contributed by atoms with van der Waals surface area (Å²) in [7, 11) is 0. The van der Waals surface area contributed by atoms with Gasteiger partial charge in [-0.1, -0.05) is 24.3 Å². The Morgan fingerprint density at radius 3 is 2.71 bits per heavy atom. The maximum atomic E-state index is 13.6. The third kappa shape index (κ3) is 3.12. The molecule has 0 bridgehead atoms. The van der Waals surface area contributed by atoms with Crippen molar-refractivity contribution in [3.05, 3.63) is 76.1 Å². The van der Waals surface area contributed by atoms with E-state index in [1.54, 1.807) is 18.2 Å². The third-order valence-electron chi connectivity index (χ3n) is 3.31. The number of anilines is 1. The minimum Gasteiger partial charge on any atom is -0.305 e. The van der Waals surface area contributed by atoms with Gasteiger partial charge in [-0.05, 0) is 12.1 Å². The number of hydrogen-bond acceptors (Lipinski definition) is 4. The highest BCUT2D eigenvalue weighted by atomic mass is 19.1. The van der Waals surface area contributed by atoms with Crippen LogP contribution in [-0.2, 0) is 0 Å². The van der Waals surface area contributed by atoms with E-state index in [0.717, 1.165) is 0 Å². The Bertz CT molecular complexity index is 923. The predicted octanol–water partition coefficient (Wildman–Crippen LogP) is 3.38. The Balaban J connectivity index is 1.81. The van der Waals surface area contributed by atoms with Gasteiger partial charge < -0.3 is 5.32 Å². The van der Waals surface area contributed by atoms with Crippen LogP contribution in [0.15, 0.2) is 54.6 Å². The van der Waals surface area contributed by atoms with Crippen molar-refractivity contribution in [3.8, 4) is 11.3 Å². The Hall–Kier alpha value is -3.55. The summed E-state index contributed by atoms with van der Waals surface area (Å²) in [4.78, 5) is 22.3. The fourth-order valence-corrected chi connectivity index (χ4v) is 2.15. The summed E-state index contributed by atoms with van der Waals surface area (Å²) in [6, 6.07) is 13.1. The number of aromatic nitrogens is 2. The zero-order valence-corrected chi connectivity index (χ0v) is 12.2. The van der Waals surface area contributed by atoms with Crippen LogP contribution >= 0.6 is 0 Å². The molecule has 0 aliphatic heterocycles. The van der Waals surface area contributed by atoms with E-state index < -0.39 is 16.6 Å². The van der Waals surface area contributed by atoms with E-state index in [1.807, 2.05) is 0 Å². The number of amides is 1. The summed E-state index contributed by atoms with van der Waals surface area (Å²) >= 11 is 0. The van der Waals surface area contributed by atoms with E-state index in [9.17, 15) is 19.3 Å². The molecule has 0 fully saturated rings. The number of non-ortho nitro benzene ring substituents is 1. The first-order chi connectivity index (χ1) is 11.5. The van der Waals surface area contributed by atoms with Crippen LogP contribution in [0.1, 0.15) is 10.4 Å². The van der Waals surface area contributed by atoms with Gasteiger partial charge in [0.2, 0.25) is 0 Å². The molecular formula is C16H11FN4O3. The van der Waals surface area contributed by atoms with Gasteiger partial charge in [-0.3, -0.25) is 20.0 Å². The van der Waals surface area contributed by atoms with Gasteiger partial charge in [0.1, 0.15) is 5.82 Å². The summed E-state index contributed by atoms with van der Waals surface area (Å²) in [5, 5.41) is 19.9. The van der Waals surface area contributed by atoms with Crippen molar-refractivity contribution in [1.82, 2.24) is 10.2 Å². The molecule has 0 saturated heterocycles. The Labute approximate surface area is 135 Å². The Kier molecular flexibility index (Phi) is 4.02. The molecule has 7 nitrogen and oxygen atoms in total. The lowest BCUT2D eigenvalue weighted by Crippen LogP contribution is -2.13. The normalized spacial score (nSPS) is 10.4. The fourth-order valence-electron chi connectivity index (χ4n) is 2.15. The van der Waals surface area contributed by atoms with Gasteiger partial charge in [0.05, 0.1) is 16.2 Å². The van der Waals surface area contributed by atoms with E-state index >= 15 is 0 Å². The highest BCUT2D eigenvalue weighted by Crippen LogP contribution is 2.24. The number of nitro benzene ring substituents is 1. The van der Waals surface area contributed by atoms with Crippen molar-refractivity contribution in [2.24, 2.45) is 0 Å². The van der Waals surface area contributed by atoms with Crippen LogP contribution in [0.3, 0.4) is 0 Å². The standard InChI is InChI=1S/C16H11FN4O3/c17-13-7-2-1-6-12(13)16(22)18-15-9-14(19-20-15)10-4-3-5-11(8-10)21(23)24/h1-9H,(H2,18,19,20,22). The third-order valence-corrected chi connectivity index (χ3v) is 3.31. The lowest BCUT2D eigenvalue weighted by molar-refractivity contribution is -0.384. The molecule has 3 rings (SSSR count). The average molecular weight is 326 g/mol. The van der Waals surface area contributed by atoms with Gasteiger partial charge in [-0.15, -0.1) is 0 Å². The molecule has 0 saturated carbocycles. The van der Waals surface area contributed by atoms with Gasteiger partial charge in [-0.25, -0.2) is 4.39 Å². The van der Waals surface area contributed by atoms with Crippen molar-refractivity contribution in [2.75, 3.05) is 5.32 Å². The number of H-pyrrole nitrogens is 1. The first-order valence-corrected chi connectivity index (χ1v) is 6.91. The molecule has 24 heavy (non-hydrogen) atoms. The molecule has 0 aliphatic carbocycles. The number of nitrogens with zero attached hydrogens (tertiary/aromatic N) is 2. The molecule has 1 heterocycles. The van der Waals surface area contributed by atoms with Gasteiger partial charge >= 0.3 is 0 Å². The average Bonchev–Trinajstić information content (AvgIpc) is 3.04. The molecule has 2 N–H and O–H groups in total. The van der Waals surface area contributed by atoms with E-state index in [0.29, 0.717) is 11.3 Å². The SMILES string of the molecule is O=C(Nc1cc(-c2cccc([N+](=O)[O-])c2)[nH]n1)c1ccccc1F. The first kappa shape index (κ1) is 15.3. The quantitative estimate of drug-likeness (QED) is 0.567. The second kappa shape index (κ2) is 6.29. The minimum absolute atomic E-state index is 0.0564. The van der Waals surface area contributed by atoms with E-state index in [4.69, 9.17) is 0 Å². The van der Waals surface area contributed by atoms with Crippen LogP contribution in [0.2, 0.25) is 0 Å². The predicted molar refractivity (Wildman–Crippen MR) is 85.0 cm³/mol. The van der Waals surface area contributed by atoms with Crippen molar-refractivity contribution in [1.29, 1.82) is 0 Å². The van der Waals surface area contributed by atoms with E-state index in [1.165, 1.54) is 36.4 Å². The van der Waals surface area contributed by atoms with Crippen molar-refractivity contribution >= 4 is 17.4 Å². The lowest BCUT2D eigenvalue weighted by atomic mass is 10.1. The lowest BCUT2D eigenvalue weighted by Gasteiger charge is -2.02. The molecule has 0 unspecified atom stereocenters. The number of halogens is 1. The highest BCUT2D eigenvalue weighted by molar-refractivity contribution is 6.04. The Morgan fingerprint density at radius 2 is 1.96 bits per heavy atom. The van der Waals surface area contributed by atoms with Crippen LogP contribution in [0, 0.1) is 15.9 Å². The minimum atomic E-state index is -0.635. The zero-order chi connectivity index (χ0) is 17.1. The number of rotatable bonds is 4. The summed E-state index contributed by atoms with van der Waals surface area (Å²) in [5.74, 6) is -1.08. The molecule has 0 radical (unpaired) electrons. The monoisotopic (exact) mass is 326 g/mol. The molecule has 2 aromatic carbocycles. The molecule has 3 aromatic rings. The largest absolute Gasteiger partial charge is 0.305 e. The molecule has 1 amide bonds. The van der Waals surface area contributed by atoms with Crippen LogP contribution in [0.25, 0.3) is 11.3 Å². The van der Waals surface area contributed by atoms with E-state index in [2.05, 4.69) is 15.5 Å². The van der Waals surface area contributed by atoms with Crippen LogP contribution in [0.5, 0.6) is 0 Å². The van der Waals surface area contributed by atoms with Crippen LogP contribution < -0.4 is 5.32 Å². The summed E-state index contributed by atoms with van der Waals surface area (Å²) in [6.07, 6.45) is 0.